The fourth-order valence-corrected chi connectivity index (χ4v) is 4.49. The van der Waals surface area contributed by atoms with Crippen molar-refractivity contribution in [3.8, 4) is 0 Å². The zero-order chi connectivity index (χ0) is 18.9. The summed E-state index contributed by atoms with van der Waals surface area (Å²) < 4.78 is 24.6. The van der Waals surface area contributed by atoms with Gasteiger partial charge in [-0.2, -0.15) is 0 Å². The molecule has 1 N–H and O–H groups in total. The van der Waals surface area contributed by atoms with Crippen molar-refractivity contribution in [3.05, 3.63) is 11.4 Å². The van der Waals surface area contributed by atoms with E-state index >= 15 is 0 Å². The van der Waals surface area contributed by atoms with Gasteiger partial charge in [0.25, 0.3) is 0 Å². The van der Waals surface area contributed by atoms with Gasteiger partial charge in [0.15, 0.2) is 0 Å². The Kier molecular flexibility index (Phi) is 5.47. The fraction of sp³-hybridized carbons (Fsp3) is 0.706. The first-order chi connectivity index (χ1) is 12.3. The van der Waals surface area contributed by atoms with Gasteiger partial charge in [0.1, 0.15) is 0 Å². The molecule has 1 aromatic rings. The van der Waals surface area contributed by atoms with E-state index in [1.807, 2.05) is 13.8 Å². The lowest BCUT2D eigenvalue weighted by atomic mass is 9.97. The maximum absolute atomic E-state index is 12.6. The average molecular weight is 382 g/mol. The van der Waals surface area contributed by atoms with E-state index in [0.717, 1.165) is 43.3 Å². The Morgan fingerprint density at radius 2 is 1.58 bits per heavy atom. The van der Waals surface area contributed by atoms with Crippen LogP contribution in [0.2, 0.25) is 0 Å². The normalized spacial score (nSPS) is 19.7. The highest BCUT2D eigenvalue weighted by Gasteiger charge is 2.29. The molecule has 0 spiro atoms. The first kappa shape index (κ1) is 19.0. The Morgan fingerprint density at radius 1 is 1.04 bits per heavy atom. The number of hydrogen-bond acceptors (Lipinski definition) is 6. The molecular weight excluding hydrogens is 354 g/mol. The molecule has 0 unspecified atom stereocenters. The van der Waals surface area contributed by atoms with Crippen molar-refractivity contribution in [1.82, 2.24) is 14.3 Å². The van der Waals surface area contributed by atoms with Crippen molar-refractivity contribution in [2.45, 2.75) is 39.5 Å². The van der Waals surface area contributed by atoms with Gasteiger partial charge in [0.05, 0.1) is 23.3 Å². The number of hydrogen-bond donors (Lipinski definition) is 1. The molecule has 3 heterocycles. The Labute approximate surface area is 155 Å². The summed E-state index contributed by atoms with van der Waals surface area (Å²) in [6.07, 6.45) is 4.59. The van der Waals surface area contributed by atoms with E-state index in [0.29, 0.717) is 31.6 Å². The maximum atomic E-state index is 12.6. The van der Waals surface area contributed by atoms with Crippen molar-refractivity contribution >= 4 is 27.6 Å². The lowest BCUT2D eigenvalue weighted by Crippen LogP contribution is -2.41. The zero-order valence-corrected chi connectivity index (χ0v) is 16.5. The number of carbonyl (C=O) groups excluding carboxylic acids is 1. The van der Waals surface area contributed by atoms with Gasteiger partial charge in [-0.3, -0.25) is 4.79 Å². The van der Waals surface area contributed by atoms with Crippen LogP contribution in [0.15, 0.2) is 0 Å². The van der Waals surface area contributed by atoms with Crippen molar-refractivity contribution in [3.63, 3.8) is 0 Å². The SMILES string of the molecule is Cc1nc(N2CCCC2)nc(C)c1NC(=O)C1CCN(S(C)(=O)=O)CC1. The van der Waals surface area contributed by atoms with E-state index in [4.69, 9.17) is 0 Å². The number of rotatable bonds is 4. The molecule has 1 amide bonds. The van der Waals surface area contributed by atoms with Crippen LogP contribution in [0.5, 0.6) is 0 Å². The number of amides is 1. The fourth-order valence-electron chi connectivity index (χ4n) is 3.61. The topological polar surface area (TPSA) is 95.5 Å². The molecule has 1 aromatic heterocycles. The van der Waals surface area contributed by atoms with Crippen LogP contribution in [0.25, 0.3) is 0 Å². The molecule has 2 aliphatic rings. The summed E-state index contributed by atoms with van der Waals surface area (Å²) in [6.45, 7) is 6.50. The summed E-state index contributed by atoms with van der Waals surface area (Å²) in [5, 5.41) is 2.97. The van der Waals surface area contributed by atoms with Gasteiger partial charge >= 0.3 is 0 Å². The Bertz CT molecular complexity index is 759. The molecule has 2 saturated heterocycles. The van der Waals surface area contributed by atoms with Gasteiger partial charge in [0, 0.05) is 32.1 Å². The van der Waals surface area contributed by atoms with Crippen LogP contribution in [0.3, 0.4) is 0 Å². The van der Waals surface area contributed by atoms with Gasteiger partial charge in [-0.25, -0.2) is 22.7 Å². The molecule has 0 radical (unpaired) electrons. The Balaban J connectivity index is 1.66. The van der Waals surface area contributed by atoms with E-state index in [9.17, 15) is 13.2 Å². The van der Waals surface area contributed by atoms with Gasteiger partial charge in [-0.05, 0) is 39.5 Å². The second-order valence-electron chi connectivity index (χ2n) is 7.19. The van der Waals surface area contributed by atoms with Crippen LogP contribution >= 0.6 is 0 Å². The number of aromatic nitrogens is 2. The third-order valence-electron chi connectivity index (χ3n) is 5.19. The van der Waals surface area contributed by atoms with Crippen LogP contribution in [-0.4, -0.2) is 61.0 Å². The van der Waals surface area contributed by atoms with Crippen molar-refractivity contribution in [1.29, 1.82) is 0 Å². The highest BCUT2D eigenvalue weighted by Crippen LogP contribution is 2.25. The summed E-state index contributed by atoms with van der Waals surface area (Å²) in [7, 11) is -3.18. The zero-order valence-electron chi connectivity index (χ0n) is 15.7. The number of sulfonamides is 1. The summed E-state index contributed by atoms with van der Waals surface area (Å²) in [4.78, 5) is 23.9. The second kappa shape index (κ2) is 7.48. The minimum atomic E-state index is -3.18. The average Bonchev–Trinajstić information content (AvgIpc) is 3.11. The minimum Gasteiger partial charge on any atom is -0.341 e. The molecule has 9 heteroatoms. The third-order valence-corrected chi connectivity index (χ3v) is 6.49. The van der Waals surface area contributed by atoms with E-state index in [-0.39, 0.29) is 11.8 Å². The molecule has 2 aliphatic heterocycles. The lowest BCUT2D eigenvalue weighted by Gasteiger charge is -2.29. The third kappa shape index (κ3) is 4.15. The van der Waals surface area contributed by atoms with Crippen LogP contribution in [0.1, 0.15) is 37.1 Å². The first-order valence-corrected chi connectivity index (χ1v) is 11.0. The molecule has 0 saturated carbocycles. The molecule has 26 heavy (non-hydrogen) atoms. The summed E-state index contributed by atoms with van der Waals surface area (Å²) in [5.41, 5.74) is 2.20. The molecule has 0 atom stereocenters. The number of nitrogens with zero attached hydrogens (tertiary/aromatic N) is 4. The molecule has 3 rings (SSSR count). The molecule has 144 valence electrons. The van der Waals surface area contributed by atoms with Crippen molar-refractivity contribution in [2.75, 3.05) is 42.7 Å². The first-order valence-electron chi connectivity index (χ1n) is 9.12. The molecular formula is C17H27N5O3S. The maximum Gasteiger partial charge on any atom is 0.227 e. The van der Waals surface area contributed by atoms with E-state index < -0.39 is 10.0 Å². The predicted octanol–water partition coefficient (Wildman–Crippen LogP) is 1.30. The molecule has 2 fully saturated rings. The minimum absolute atomic E-state index is 0.0816. The lowest BCUT2D eigenvalue weighted by molar-refractivity contribution is -0.120. The van der Waals surface area contributed by atoms with Gasteiger partial charge in [-0.1, -0.05) is 0 Å². The largest absolute Gasteiger partial charge is 0.341 e. The number of aryl methyl sites for hydroxylation is 2. The summed E-state index contributed by atoms with van der Waals surface area (Å²) in [5.74, 6) is 0.462. The molecule has 0 bridgehead atoms. The number of piperidine rings is 1. The summed E-state index contributed by atoms with van der Waals surface area (Å²) in [6, 6.07) is 0. The van der Waals surface area contributed by atoms with Gasteiger partial charge in [0.2, 0.25) is 21.9 Å². The number of carbonyl (C=O) groups is 1. The standard InChI is InChI=1S/C17H27N5O3S/c1-12-15(13(2)19-17(18-12)21-8-4-5-9-21)20-16(23)14-6-10-22(11-7-14)26(3,24)25/h14H,4-11H2,1-3H3,(H,20,23). The number of anilines is 2. The Hall–Kier alpha value is -1.74. The van der Waals surface area contributed by atoms with Crippen LogP contribution in [0, 0.1) is 19.8 Å². The Morgan fingerprint density at radius 3 is 2.08 bits per heavy atom. The highest BCUT2D eigenvalue weighted by molar-refractivity contribution is 7.88. The van der Waals surface area contributed by atoms with E-state index in [2.05, 4.69) is 20.2 Å². The van der Waals surface area contributed by atoms with Crippen molar-refractivity contribution in [2.24, 2.45) is 5.92 Å². The number of nitrogens with one attached hydrogen (secondary N) is 1. The smallest absolute Gasteiger partial charge is 0.227 e. The molecule has 8 nitrogen and oxygen atoms in total. The van der Waals surface area contributed by atoms with Crippen molar-refractivity contribution < 1.29 is 13.2 Å². The van der Waals surface area contributed by atoms with Gasteiger partial charge < -0.3 is 10.2 Å². The van der Waals surface area contributed by atoms with E-state index in [1.54, 1.807) is 0 Å². The highest BCUT2D eigenvalue weighted by atomic mass is 32.2. The molecule has 0 aromatic carbocycles. The van der Waals surface area contributed by atoms with Gasteiger partial charge in [-0.15, -0.1) is 0 Å². The van der Waals surface area contributed by atoms with Crippen LogP contribution in [0.4, 0.5) is 11.6 Å². The van der Waals surface area contributed by atoms with Crippen LogP contribution < -0.4 is 10.2 Å². The molecule has 0 aliphatic carbocycles. The monoisotopic (exact) mass is 381 g/mol. The second-order valence-corrected chi connectivity index (χ2v) is 9.17. The van der Waals surface area contributed by atoms with E-state index in [1.165, 1.54) is 10.6 Å². The summed E-state index contributed by atoms with van der Waals surface area (Å²) >= 11 is 0. The van der Waals surface area contributed by atoms with Crippen LogP contribution in [-0.2, 0) is 14.8 Å². The predicted molar refractivity (Wildman–Crippen MR) is 101 cm³/mol. The quantitative estimate of drug-likeness (QED) is 0.845.